The summed E-state index contributed by atoms with van der Waals surface area (Å²) in [5.41, 5.74) is 11.3. The summed E-state index contributed by atoms with van der Waals surface area (Å²) in [6.07, 6.45) is 0.303. The fourth-order valence-electron chi connectivity index (χ4n) is 3.04. The number of carboxylic acid groups (broad SMARTS) is 1. The van der Waals surface area contributed by atoms with E-state index in [0.717, 1.165) is 0 Å². The molecule has 0 bridgehead atoms. The van der Waals surface area contributed by atoms with Gasteiger partial charge in [-0.05, 0) is 24.8 Å². The quantitative estimate of drug-likeness (QED) is 0.0440. The van der Waals surface area contributed by atoms with Crippen molar-refractivity contribution in [2.45, 2.75) is 43.5 Å². The molecular weight excluding hydrogens is 508 g/mol. The normalized spacial score (nSPS) is 12.5. The van der Waals surface area contributed by atoms with Crippen LogP contribution < -0.4 is 32.1 Å². The Morgan fingerprint density at radius 1 is 1.05 bits per heavy atom. The van der Waals surface area contributed by atoms with Crippen molar-refractivity contribution < 1.29 is 32.7 Å². The summed E-state index contributed by atoms with van der Waals surface area (Å²) in [5.74, 6) is -3.82. The molecule has 0 saturated carbocycles. The van der Waals surface area contributed by atoms with Gasteiger partial charge < -0.3 is 37.3 Å². The maximum absolute atomic E-state index is 12.6. The Labute approximate surface area is 213 Å². The van der Waals surface area contributed by atoms with Gasteiger partial charge in [-0.3, -0.25) is 25.2 Å². The number of amides is 2. The summed E-state index contributed by atoms with van der Waals surface area (Å²) in [6.45, 7) is -0.259. The number of carboxylic acids is 1. The molecule has 0 aliphatic rings. The molecule has 1 rings (SSSR count). The highest BCUT2D eigenvalue weighted by atomic mass is 32.2. The fraction of sp³-hybridized carbons (Fsp3) is 0.429. The van der Waals surface area contributed by atoms with Crippen LogP contribution in [0.2, 0.25) is 0 Å². The zero-order valence-corrected chi connectivity index (χ0v) is 20.8. The number of carbonyl (C=O) groups excluding carboxylic acids is 3. The summed E-state index contributed by atoms with van der Waals surface area (Å²) in [4.78, 5) is 46.9. The summed E-state index contributed by atoms with van der Waals surface area (Å²) in [6, 6.07) is 3.51. The first kappa shape index (κ1) is 31.0. The Morgan fingerprint density at radius 2 is 1.70 bits per heavy atom. The largest absolute Gasteiger partial charge is 0.481 e. The standard InChI is InChI=1S/C21H32N8O7S/c22-19(23)14-5-3-13(4-6-14)12-37(35,36)29-16(7-8-18(32)33)20(34)27-10-17(31)28-15(11-30)2-1-9-26-21(24)25/h3-6,11,15-16,29H,1-2,7-10,12H2,(H3,22,23)(H,27,34)(H,28,31)(H,32,33)(H4,24,25,26)/t15-,16-/m0/s1. The van der Waals surface area contributed by atoms with Crippen molar-refractivity contribution in [1.29, 1.82) is 10.8 Å². The summed E-state index contributed by atoms with van der Waals surface area (Å²) in [5, 5.41) is 30.6. The zero-order valence-electron chi connectivity index (χ0n) is 20.0. The lowest BCUT2D eigenvalue weighted by molar-refractivity contribution is -0.137. The van der Waals surface area contributed by atoms with Gasteiger partial charge in [-0.2, -0.15) is 0 Å². The van der Waals surface area contributed by atoms with E-state index in [1.54, 1.807) is 0 Å². The van der Waals surface area contributed by atoms with E-state index in [1.807, 2.05) is 0 Å². The number of sulfonamides is 1. The summed E-state index contributed by atoms with van der Waals surface area (Å²) in [7, 11) is -4.11. The summed E-state index contributed by atoms with van der Waals surface area (Å²) >= 11 is 0. The number of carbonyl (C=O) groups is 4. The fourth-order valence-corrected chi connectivity index (χ4v) is 4.41. The Balaban J connectivity index is 2.72. The monoisotopic (exact) mass is 540 g/mol. The Hall–Kier alpha value is -4.05. The third-order valence-corrected chi connectivity index (χ3v) is 6.21. The van der Waals surface area contributed by atoms with Crippen LogP contribution in [-0.4, -0.2) is 74.6 Å². The second kappa shape index (κ2) is 15.1. The molecule has 0 saturated heterocycles. The van der Waals surface area contributed by atoms with Crippen LogP contribution in [0.25, 0.3) is 0 Å². The molecule has 37 heavy (non-hydrogen) atoms. The van der Waals surface area contributed by atoms with E-state index in [0.29, 0.717) is 30.4 Å². The Kier molecular flexibility index (Phi) is 12.7. The van der Waals surface area contributed by atoms with E-state index in [1.165, 1.54) is 24.3 Å². The van der Waals surface area contributed by atoms with Crippen molar-refractivity contribution in [3.63, 3.8) is 0 Å². The molecule has 0 aliphatic heterocycles. The van der Waals surface area contributed by atoms with Crippen molar-refractivity contribution in [3.05, 3.63) is 35.4 Å². The van der Waals surface area contributed by atoms with Crippen LogP contribution in [0.1, 0.15) is 36.8 Å². The van der Waals surface area contributed by atoms with E-state index >= 15 is 0 Å². The Bertz CT molecular complexity index is 1090. The third kappa shape index (κ3) is 13.0. The predicted molar refractivity (Wildman–Crippen MR) is 134 cm³/mol. The first-order valence-corrected chi connectivity index (χ1v) is 12.7. The molecule has 0 radical (unpaired) electrons. The van der Waals surface area contributed by atoms with Crippen LogP contribution in [0.5, 0.6) is 0 Å². The number of nitrogens with two attached hydrogens (primary N) is 2. The molecule has 11 N–H and O–H groups in total. The van der Waals surface area contributed by atoms with Crippen molar-refractivity contribution in [3.8, 4) is 0 Å². The molecule has 1 aromatic carbocycles. The second-order valence-corrected chi connectivity index (χ2v) is 9.74. The molecular formula is C21H32N8O7S. The van der Waals surface area contributed by atoms with Crippen molar-refractivity contribution in [2.75, 3.05) is 13.1 Å². The predicted octanol–water partition coefficient (Wildman–Crippen LogP) is -2.31. The first-order valence-electron chi connectivity index (χ1n) is 11.1. The van der Waals surface area contributed by atoms with Gasteiger partial charge in [0, 0.05) is 18.5 Å². The van der Waals surface area contributed by atoms with Gasteiger partial charge >= 0.3 is 5.97 Å². The molecule has 0 spiro atoms. The number of hydrogen-bond acceptors (Lipinski definition) is 8. The maximum atomic E-state index is 12.6. The van der Waals surface area contributed by atoms with Gasteiger partial charge in [0.15, 0.2) is 5.96 Å². The molecule has 16 heteroatoms. The maximum Gasteiger partial charge on any atom is 0.303 e. The highest BCUT2D eigenvalue weighted by Gasteiger charge is 2.26. The number of nitrogen functional groups attached to an aromatic ring is 1. The molecule has 2 atom stereocenters. The number of aliphatic carboxylic acids is 1. The SMILES string of the molecule is N=C(N)NCCC[C@@H](C=O)NC(=O)CNC(=O)[C@H](CCC(=O)O)NS(=O)(=O)Cc1ccc(C(=N)N)cc1. The lowest BCUT2D eigenvalue weighted by Gasteiger charge is -2.18. The molecule has 0 heterocycles. The number of benzene rings is 1. The van der Waals surface area contributed by atoms with E-state index < -0.39 is 58.6 Å². The van der Waals surface area contributed by atoms with Crippen molar-refractivity contribution in [2.24, 2.45) is 11.5 Å². The minimum Gasteiger partial charge on any atom is -0.481 e. The van der Waals surface area contributed by atoms with Crippen molar-refractivity contribution in [1.82, 2.24) is 20.7 Å². The van der Waals surface area contributed by atoms with Crippen LogP contribution in [0.15, 0.2) is 24.3 Å². The number of rotatable bonds is 17. The lowest BCUT2D eigenvalue weighted by Crippen LogP contribution is -2.50. The molecule has 0 unspecified atom stereocenters. The van der Waals surface area contributed by atoms with E-state index in [2.05, 4.69) is 20.7 Å². The number of amidine groups is 1. The highest BCUT2D eigenvalue weighted by Crippen LogP contribution is 2.09. The van der Waals surface area contributed by atoms with Crippen LogP contribution in [-0.2, 0) is 35.0 Å². The smallest absolute Gasteiger partial charge is 0.303 e. The topological polar surface area (TPSA) is 271 Å². The minimum atomic E-state index is -4.11. The van der Waals surface area contributed by atoms with Gasteiger partial charge in [0.2, 0.25) is 21.8 Å². The summed E-state index contributed by atoms with van der Waals surface area (Å²) < 4.78 is 27.4. The number of hydrogen-bond donors (Lipinski definition) is 9. The Morgan fingerprint density at radius 3 is 2.24 bits per heavy atom. The van der Waals surface area contributed by atoms with Gasteiger partial charge in [-0.15, -0.1) is 0 Å². The molecule has 2 amide bonds. The zero-order chi connectivity index (χ0) is 28.0. The molecule has 0 fully saturated rings. The average molecular weight is 541 g/mol. The van der Waals surface area contributed by atoms with Crippen LogP contribution in [0.3, 0.4) is 0 Å². The second-order valence-electron chi connectivity index (χ2n) is 7.98. The molecule has 0 aromatic heterocycles. The van der Waals surface area contributed by atoms with E-state index in [-0.39, 0.29) is 24.6 Å². The first-order chi connectivity index (χ1) is 17.3. The van der Waals surface area contributed by atoms with Gasteiger partial charge in [0.1, 0.15) is 18.2 Å². The van der Waals surface area contributed by atoms with Gasteiger partial charge in [0.25, 0.3) is 0 Å². The van der Waals surface area contributed by atoms with Crippen molar-refractivity contribution >= 4 is 45.9 Å². The van der Waals surface area contributed by atoms with E-state index in [9.17, 15) is 27.6 Å². The molecule has 1 aromatic rings. The van der Waals surface area contributed by atoms with Crippen LogP contribution in [0, 0.1) is 10.8 Å². The number of nitrogens with one attached hydrogen (secondary N) is 6. The van der Waals surface area contributed by atoms with E-state index in [4.69, 9.17) is 27.4 Å². The lowest BCUT2D eigenvalue weighted by atomic mass is 10.1. The van der Waals surface area contributed by atoms with Crippen LogP contribution in [0.4, 0.5) is 0 Å². The van der Waals surface area contributed by atoms with Gasteiger partial charge in [-0.1, -0.05) is 24.3 Å². The minimum absolute atomic E-state index is 0.188. The molecule has 204 valence electrons. The number of guanidine groups is 1. The molecule has 15 nitrogen and oxygen atoms in total. The average Bonchev–Trinajstić information content (AvgIpc) is 2.81. The number of aldehydes is 1. The third-order valence-electron chi connectivity index (χ3n) is 4.85. The van der Waals surface area contributed by atoms with Crippen LogP contribution >= 0.6 is 0 Å². The molecule has 0 aliphatic carbocycles. The van der Waals surface area contributed by atoms with Gasteiger partial charge in [-0.25, -0.2) is 13.1 Å². The highest BCUT2D eigenvalue weighted by molar-refractivity contribution is 7.88. The van der Waals surface area contributed by atoms with Gasteiger partial charge in [0.05, 0.1) is 18.3 Å².